The van der Waals surface area contributed by atoms with Gasteiger partial charge in [-0.25, -0.2) is 0 Å². The van der Waals surface area contributed by atoms with Gasteiger partial charge in [0.15, 0.2) is 0 Å². The average molecular weight is 231 g/mol. The summed E-state index contributed by atoms with van der Waals surface area (Å²) in [6, 6.07) is 8.15. The highest BCUT2D eigenvalue weighted by molar-refractivity contribution is 6.45. The highest BCUT2D eigenvalue weighted by Gasteiger charge is 2.24. The monoisotopic (exact) mass is 231 g/mol. The maximum atomic E-state index is 10.9. The number of carbonyl (C=O) groups excluding carboxylic acids is 2. The molecule has 5 nitrogen and oxygen atoms in total. The number of hydrogen-bond donors (Lipinski definition) is 2. The fourth-order valence-corrected chi connectivity index (χ4v) is 1.60. The van der Waals surface area contributed by atoms with Crippen molar-refractivity contribution >= 4 is 17.8 Å². The first-order chi connectivity index (χ1) is 8.15. The number of nitrogens with one attached hydrogen (secondary N) is 2. The lowest BCUT2D eigenvalue weighted by Crippen LogP contribution is -2.26. The third-order valence-corrected chi connectivity index (χ3v) is 2.42. The number of carbonyl (C=O) groups is 2. The van der Waals surface area contributed by atoms with Crippen LogP contribution in [-0.4, -0.2) is 24.3 Å². The number of aliphatic imine (C=N–C) groups is 1. The summed E-state index contributed by atoms with van der Waals surface area (Å²) in [6.07, 6.45) is 0.775. The van der Waals surface area contributed by atoms with Crippen LogP contribution in [0.5, 0.6) is 0 Å². The van der Waals surface area contributed by atoms with E-state index in [1.165, 1.54) is 11.1 Å². The average Bonchev–Trinajstić information content (AvgIpc) is 2.58. The van der Waals surface area contributed by atoms with Crippen molar-refractivity contribution in [2.45, 2.75) is 13.3 Å². The van der Waals surface area contributed by atoms with E-state index in [9.17, 15) is 9.59 Å². The van der Waals surface area contributed by atoms with Gasteiger partial charge in [0, 0.05) is 6.54 Å². The number of guanidine groups is 1. The summed E-state index contributed by atoms with van der Waals surface area (Å²) in [4.78, 5) is 25.8. The molecule has 0 spiro atoms. The fourth-order valence-electron chi connectivity index (χ4n) is 1.60. The van der Waals surface area contributed by atoms with E-state index >= 15 is 0 Å². The second-order valence-corrected chi connectivity index (χ2v) is 3.88. The van der Waals surface area contributed by atoms with Crippen LogP contribution >= 0.6 is 0 Å². The van der Waals surface area contributed by atoms with Crippen molar-refractivity contribution in [3.05, 3.63) is 35.4 Å². The molecular weight excluding hydrogens is 218 g/mol. The van der Waals surface area contributed by atoms with Gasteiger partial charge in [-0.05, 0) is 18.9 Å². The SMILES string of the molecule is Cc1cccc(CCN=C2NC(=O)C(=O)N2)c1. The molecule has 1 aromatic carbocycles. The minimum atomic E-state index is -0.653. The molecule has 0 saturated carbocycles. The number of aryl methyl sites for hydroxylation is 1. The van der Waals surface area contributed by atoms with E-state index in [1.54, 1.807) is 0 Å². The van der Waals surface area contributed by atoms with E-state index in [-0.39, 0.29) is 5.96 Å². The van der Waals surface area contributed by atoms with E-state index in [0.717, 1.165) is 6.42 Å². The van der Waals surface area contributed by atoms with Gasteiger partial charge in [-0.2, -0.15) is 0 Å². The van der Waals surface area contributed by atoms with E-state index in [0.29, 0.717) is 6.54 Å². The Balaban J connectivity index is 1.90. The van der Waals surface area contributed by atoms with E-state index < -0.39 is 11.8 Å². The van der Waals surface area contributed by atoms with Gasteiger partial charge in [0.2, 0.25) is 5.96 Å². The van der Waals surface area contributed by atoms with Gasteiger partial charge in [-0.15, -0.1) is 0 Å². The standard InChI is InChI=1S/C12H13N3O2/c1-8-3-2-4-9(7-8)5-6-13-12-14-10(16)11(17)15-12/h2-4,7H,5-6H2,1H3,(H2,13,14,15,16,17). The summed E-state index contributed by atoms with van der Waals surface area (Å²) in [7, 11) is 0. The minimum Gasteiger partial charge on any atom is -0.288 e. The third-order valence-electron chi connectivity index (χ3n) is 2.42. The topological polar surface area (TPSA) is 70.6 Å². The van der Waals surface area contributed by atoms with Crippen molar-refractivity contribution in [3.63, 3.8) is 0 Å². The Kier molecular flexibility index (Phi) is 3.18. The molecule has 17 heavy (non-hydrogen) atoms. The molecule has 0 atom stereocenters. The maximum Gasteiger partial charge on any atom is 0.316 e. The Morgan fingerprint density at radius 2 is 1.88 bits per heavy atom. The van der Waals surface area contributed by atoms with Crippen LogP contribution in [0.2, 0.25) is 0 Å². The summed E-state index contributed by atoms with van der Waals surface area (Å²) >= 11 is 0. The first-order valence-corrected chi connectivity index (χ1v) is 5.37. The largest absolute Gasteiger partial charge is 0.316 e. The van der Waals surface area contributed by atoms with Crippen molar-refractivity contribution in [3.8, 4) is 0 Å². The summed E-state index contributed by atoms with van der Waals surface area (Å²) in [6.45, 7) is 2.56. The molecule has 88 valence electrons. The summed E-state index contributed by atoms with van der Waals surface area (Å²) in [5.74, 6) is -1.06. The van der Waals surface area contributed by atoms with Crippen molar-refractivity contribution in [1.29, 1.82) is 0 Å². The van der Waals surface area contributed by atoms with E-state index in [4.69, 9.17) is 0 Å². The number of hydrogen-bond acceptors (Lipinski definition) is 3. The Labute approximate surface area is 98.9 Å². The smallest absolute Gasteiger partial charge is 0.288 e. The first-order valence-electron chi connectivity index (χ1n) is 5.37. The van der Waals surface area contributed by atoms with Crippen molar-refractivity contribution in [1.82, 2.24) is 10.6 Å². The van der Waals surface area contributed by atoms with Crippen molar-refractivity contribution < 1.29 is 9.59 Å². The highest BCUT2D eigenvalue weighted by Crippen LogP contribution is 2.04. The van der Waals surface area contributed by atoms with Crippen LogP contribution in [0.1, 0.15) is 11.1 Å². The molecule has 5 heteroatoms. The zero-order valence-electron chi connectivity index (χ0n) is 9.49. The zero-order valence-corrected chi connectivity index (χ0v) is 9.49. The molecule has 2 amide bonds. The molecule has 0 aliphatic carbocycles. The van der Waals surface area contributed by atoms with Crippen LogP contribution in [0.15, 0.2) is 29.3 Å². The van der Waals surface area contributed by atoms with Crippen LogP contribution < -0.4 is 10.6 Å². The normalized spacial score (nSPS) is 14.5. The second-order valence-electron chi connectivity index (χ2n) is 3.88. The third kappa shape index (κ3) is 2.90. The van der Waals surface area contributed by atoms with Gasteiger partial charge in [0.25, 0.3) is 0 Å². The Hall–Kier alpha value is -2.17. The molecule has 2 N–H and O–H groups in total. The molecule has 1 aromatic rings. The van der Waals surface area contributed by atoms with Gasteiger partial charge in [-0.3, -0.25) is 25.2 Å². The lowest BCUT2D eigenvalue weighted by molar-refractivity contribution is -0.135. The molecule has 0 unspecified atom stereocenters. The second kappa shape index (κ2) is 4.78. The van der Waals surface area contributed by atoms with Crippen LogP contribution in [0, 0.1) is 6.92 Å². The first kappa shape index (κ1) is 11.3. The lowest BCUT2D eigenvalue weighted by Gasteiger charge is -2.00. The van der Waals surface area contributed by atoms with Crippen LogP contribution in [0.3, 0.4) is 0 Å². The predicted molar refractivity (Wildman–Crippen MR) is 63.5 cm³/mol. The number of rotatable bonds is 3. The Morgan fingerprint density at radius 3 is 2.53 bits per heavy atom. The Bertz CT molecular complexity index is 476. The molecule has 1 fully saturated rings. The predicted octanol–water partition coefficient (Wildman–Crippen LogP) is 0.140. The molecule has 1 aliphatic heterocycles. The molecular formula is C12H13N3O2. The van der Waals surface area contributed by atoms with Gasteiger partial charge < -0.3 is 0 Å². The Morgan fingerprint density at radius 1 is 1.18 bits per heavy atom. The lowest BCUT2D eigenvalue weighted by atomic mass is 10.1. The van der Waals surface area contributed by atoms with E-state index in [1.807, 2.05) is 25.1 Å². The van der Waals surface area contributed by atoms with Crippen LogP contribution in [0.25, 0.3) is 0 Å². The van der Waals surface area contributed by atoms with Crippen molar-refractivity contribution in [2.75, 3.05) is 6.54 Å². The fraction of sp³-hybridized carbons (Fsp3) is 0.250. The number of amides is 2. The maximum absolute atomic E-state index is 10.9. The molecule has 0 radical (unpaired) electrons. The summed E-state index contributed by atoms with van der Waals surface area (Å²) in [5, 5.41) is 4.70. The molecule has 2 rings (SSSR count). The van der Waals surface area contributed by atoms with Gasteiger partial charge >= 0.3 is 11.8 Å². The molecule has 0 bridgehead atoms. The quantitative estimate of drug-likeness (QED) is 0.726. The van der Waals surface area contributed by atoms with Gasteiger partial charge in [-0.1, -0.05) is 29.8 Å². The number of benzene rings is 1. The minimum absolute atomic E-state index is 0.243. The van der Waals surface area contributed by atoms with Crippen LogP contribution in [0.4, 0.5) is 0 Å². The van der Waals surface area contributed by atoms with Crippen molar-refractivity contribution in [2.24, 2.45) is 4.99 Å². The van der Waals surface area contributed by atoms with Gasteiger partial charge in [0.1, 0.15) is 0 Å². The van der Waals surface area contributed by atoms with Gasteiger partial charge in [0.05, 0.1) is 0 Å². The van der Waals surface area contributed by atoms with Crippen LogP contribution in [-0.2, 0) is 16.0 Å². The van der Waals surface area contributed by atoms with E-state index in [2.05, 4.69) is 21.7 Å². The molecule has 1 aliphatic rings. The summed E-state index contributed by atoms with van der Waals surface area (Å²) in [5.41, 5.74) is 2.39. The summed E-state index contributed by atoms with van der Waals surface area (Å²) < 4.78 is 0. The number of nitrogens with zero attached hydrogens (tertiary/aromatic N) is 1. The molecule has 1 heterocycles. The zero-order chi connectivity index (χ0) is 12.3. The molecule has 0 aromatic heterocycles. The highest BCUT2D eigenvalue weighted by atomic mass is 16.2. The molecule has 1 saturated heterocycles.